The molecule has 0 aliphatic heterocycles. The lowest BCUT2D eigenvalue weighted by Gasteiger charge is -2.18. The summed E-state index contributed by atoms with van der Waals surface area (Å²) in [5.41, 5.74) is -5.22. The molecular weight excluding hydrogens is 244 g/mol. The summed E-state index contributed by atoms with van der Waals surface area (Å²) in [5, 5.41) is 7.86. The molecule has 0 N–H and O–H groups in total. The molecule has 1 unspecified atom stereocenters. The first kappa shape index (κ1) is 14.3. The van der Waals surface area contributed by atoms with Gasteiger partial charge in [-0.25, -0.2) is 13.6 Å². The highest BCUT2D eigenvalue weighted by atomic mass is 19.4. The number of esters is 1. The number of allylic oxidation sites excluding steroid dienone is 1. The van der Waals surface area contributed by atoms with Gasteiger partial charge in [-0.05, 0) is 0 Å². The highest BCUT2D eigenvalue weighted by Crippen LogP contribution is 2.41. The number of hydrogen-bond acceptors (Lipinski definition) is 3. The fraction of sp³-hybridized carbons (Fsp3) is 0.429. The van der Waals surface area contributed by atoms with E-state index in [-0.39, 0.29) is 6.07 Å². The maximum absolute atomic E-state index is 12.8. The molecule has 3 nitrogen and oxygen atoms in total. The molecule has 0 spiro atoms. The number of ether oxygens (including phenoxy) is 1. The van der Waals surface area contributed by atoms with Crippen molar-refractivity contribution in [2.75, 3.05) is 7.11 Å². The van der Waals surface area contributed by atoms with Crippen molar-refractivity contribution in [3.63, 3.8) is 0 Å². The van der Waals surface area contributed by atoms with Gasteiger partial charge in [-0.2, -0.15) is 22.8 Å². The van der Waals surface area contributed by atoms with Crippen molar-refractivity contribution < 1.29 is 35.9 Å². The van der Waals surface area contributed by atoms with Crippen molar-refractivity contribution in [3.05, 3.63) is 11.7 Å². The number of hydrogen-bond donors (Lipinski definition) is 0. The number of halogens is 6. The van der Waals surface area contributed by atoms with Crippen LogP contribution in [0.3, 0.4) is 0 Å². The zero-order valence-electron chi connectivity index (χ0n) is 7.53. The summed E-state index contributed by atoms with van der Waals surface area (Å²) in [6, 6.07) is -0.0943. The summed E-state index contributed by atoms with van der Waals surface area (Å²) in [4.78, 5) is 10.3. The van der Waals surface area contributed by atoms with Crippen molar-refractivity contribution in [2.24, 2.45) is 0 Å². The summed E-state index contributed by atoms with van der Waals surface area (Å²) in [5.74, 6) is -8.09. The first-order valence-corrected chi connectivity index (χ1v) is 3.42. The molecule has 0 bridgehead atoms. The molecule has 0 aromatic rings. The molecule has 16 heavy (non-hydrogen) atoms. The van der Waals surface area contributed by atoms with Gasteiger partial charge in [-0.3, -0.25) is 0 Å². The molecule has 0 aromatic carbocycles. The number of rotatable bonds is 2. The Hall–Kier alpha value is -1.72. The molecule has 0 saturated heterocycles. The zero-order chi connectivity index (χ0) is 13.1. The maximum atomic E-state index is 12.8. The second kappa shape index (κ2) is 4.42. The van der Waals surface area contributed by atoms with E-state index in [1.807, 2.05) is 0 Å². The van der Waals surface area contributed by atoms with Crippen molar-refractivity contribution >= 4 is 5.97 Å². The lowest BCUT2D eigenvalue weighted by Crippen LogP contribution is -2.41. The number of methoxy groups -OCH3 is 1. The van der Waals surface area contributed by atoms with Gasteiger partial charge in [-0.1, -0.05) is 0 Å². The van der Waals surface area contributed by atoms with E-state index in [0.717, 1.165) is 0 Å². The highest BCUT2D eigenvalue weighted by Gasteiger charge is 2.62. The molecule has 0 aliphatic carbocycles. The SMILES string of the molecule is COC(=O)/C(F)=C(\F)C(F)(C#N)C(F)(F)F. The molecular formula is C7H3F6NO2. The van der Waals surface area contributed by atoms with Crippen LogP contribution in [0.2, 0.25) is 0 Å². The van der Waals surface area contributed by atoms with E-state index in [4.69, 9.17) is 5.26 Å². The molecule has 0 amide bonds. The van der Waals surface area contributed by atoms with Crippen LogP contribution in [-0.2, 0) is 9.53 Å². The fourth-order valence-corrected chi connectivity index (χ4v) is 0.567. The normalized spacial score (nSPS) is 16.9. The largest absolute Gasteiger partial charge is 0.464 e. The van der Waals surface area contributed by atoms with E-state index in [1.54, 1.807) is 0 Å². The minimum absolute atomic E-state index is 0.0943. The van der Waals surface area contributed by atoms with Crippen molar-refractivity contribution in [1.29, 1.82) is 5.26 Å². The minimum Gasteiger partial charge on any atom is -0.464 e. The number of alkyl halides is 4. The number of nitriles is 1. The van der Waals surface area contributed by atoms with Crippen LogP contribution in [0.5, 0.6) is 0 Å². The lowest BCUT2D eigenvalue weighted by atomic mass is 10.1. The minimum atomic E-state index is -6.02. The standard InChI is InChI=1S/C7H3F6NO2/c1-16-5(15)3(8)4(9)6(10,2-14)7(11,12)13/h1H3/b4-3+. The average Bonchev–Trinajstić information content (AvgIpc) is 2.22. The van der Waals surface area contributed by atoms with Gasteiger partial charge in [0, 0.05) is 0 Å². The van der Waals surface area contributed by atoms with Gasteiger partial charge in [0.2, 0.25) is 11.7 Å². The van der Waals surface area contributed by atoms with E-state index in [2.05, 4.69) is 4.74 Å². The molecule has 1 atom stereocenters. The van der Waals surface area contributed by atoms with E-state index >= 15 is 0 Å². The molecule has 0 radical (unpaired) electrons. The van der Waals surface area contributed by atoms with Crippen LogP contribution >= 0.6 is 0 Å². The van der Waals surface area contributed by atoms with Gasteiger partial charge in [0.05, 0.1) is 7.11 Å². The second-order valence-corrected chi connectivity index (χ2v) is 2.39. The van der Waals surface area contributed by atoms with E-state index in [0.29, 0.717) is 7.11 Å². The molecule has 90 valence electrons. The predicted octanol–water partition coefficient (Wildman–Crippen LogP) is 2.10. The molecule has 0 fully saturated rings. The van der Waals surface area contributed by atoms with Crippen LogP contribution in [0.1, 0.15) is 0 Å². The molecule has 0 heterocycles. The lowest BCUT2D eigenvalue weighted by molar-refractivity contribution is -0.201. The van der Waals surface area contributed by atoms with Crippen LogP contribution in [0.25, 0.3) is 0 Å². The summed E-state index contributed by atoms with van der Waals surface area (Å²) in [7, 11) is 0.537. The molecule has 0 rings (SSSR count). The van der Waals surface area contributed by atoms with Gasteiger partial charge < -0.3 is 4.74 Å². The topological polar surface area (TPSA) is 50.1 Å². The van der Waals surface area contributed by atoms with Crippen LogP contribution < -0.4 is 0 Å². The van der Waals surface area contributed by atoms with Crippen LogP contribution in [0, 0.1) is 11.3 Å². The zero-order valence-corrected chi connectivity index (χ0v) is 7.53. The number of nitrogens with zero attached hydrogens (tertiary/aromatic N) is 1. The quantitative estimate of drug-likeness (QED) is 0.426. The Labute approximate surface area is 84.9 Å². The summed E-state index contributed by atoms with van der Waals surface area (Å²) in [6.45, 7) is 0. The monoisotopic (exact) mass is 247 g/mol. The Balaban J connectivity index is 5.64. The summed E-state index contributed by atoms with van der Waals surface area (Å²) < 4.78 is 77.2. The fourth-order valence-electron chi connectivity index (χ4n) is 0.567. The first-order valence-electron chi connectivity index (χ1n) is 3.42. The van der Waals surface area contributed by atoms with Gasteiger partial charge in [0.15, 0.2) is 0 Å². The number of carbonyl (C=O) groups is 1. The average molecular weight is 247 g/mol. The van der Waals surface area contributed by atoms with Crippen molar-refractivity contribution in [1.82, 2.24) is 0 Å². The maximum Gasteiger partial charge on any atom is 0.443 e. The van der Waals surface area contributed by atoms with Gasteiger partial charge >= 0.3 is 17.8 Å². The third-order valence-corrected chi connectivity index (χ3v) is 1.40. The van der Waals surface area contributed by atoms with Crippen molar-refractivity contribution in [3.8, 4) is 6.07 Å². The summed E-state index contributed by atoms with van der Waals surface area (Å²) >= 11 is 0. The van der Waals surface area contributed by atoms with Crippen LogP contribution in [-0.4, -0.2) is 24.9 Å². The Kier molecular flexibility index (Phi) is 3.95. The van der Waals surface area contributed by atoms with E-state index in [9.17, 15) is 31.1 Å². The highest BCUT2D eigenvalue weighted by molar-refractivity contribution is 5.86. The number of carbonyl (C=O) groups excluding carboxylic acids is 1. The van der Waals surface area contributed by atoms with E-state index in [1.165, 1.54) is 0 Å². The smallest absolute Gasteiger partial charge is 0.443 e. The third-order valence-electron chi connectivity index (χ3n) is 1.40. The van der Waals surface area contributed by atoms with Gasteiger partial charge in [-0.15, -0.1) is 0 Å². The van der Waals surface area contributed by atoms with E-state index < -0.39 is 29.5 Å². The van der Waals surface area contributed by atoms with Crippen LogP contribution in [0.15, 0.2) is 11.7 Å². The third kappa shape index (κ3) is 2.26. The molecule has 9 heteroatoms. The van der Waals surface area contributed by atoms with Gasteiger partial charge in [0.1, 0.15) is 6.07 Å². The first-order chi connectivity index (χ1) is 7.11. The molecule has 0 aliphatic rings. The summed E-state index contributed by atoms with van der Waals surface area (Å²) in [6.07, 6.45) is -6.02. The van der Waals surface area contributed by atoms with Gasteiger partial charge in [0.25, 0.3) is 0 Å². The Morgan fingerprint density at radius 2 is 1.69 bits per heavy atom. The Bertz CT molecular complexity index is 368. The van der Waals surface area contributed by atoms with Crippen LogP contribution in [0.4, 0.5) is 26.3 Å². The second-order valence-electron chi connectivity index (χ2n) is 2.39. The Morgan fingerprint density at radius 3 is 1.94 bits per heavy atom. The van der Waals surface area contributed by atoms with Crippen molar-refractivity contribution in [2.45, 2.75) is 11.8 Å². The molecule has 0 saturated carbocycles. The predicted molar refractivity (Wildman–Crippen MR) is 36.8 cm³/mol. The Morgan fingerprint density at radius 1 is 1.25 bits per heavy atom. The molecule has 0 aromatic heterocycles.